The Labute approximate surface area is 180 Å². The van der Waals surface area contributed by atoms with E-state index in [1.165, 1.54) is 0 Å². The average Bonchev–Trinajstić information content (AvgIpc) is 3.49. The molecule has 0 fully saturated rings. The van der Waals surface area contributed by atoms with Crippen LogP contribution in [0.1, 0.15) is 31.2 Å². The molecular weight excluding hydrogens is 388 g/mol. The molecule has 1 unspecified atom stereocenters. The highest BCUT2D eigenvalue weighted by molar-refractivity contribution is 6.00. The van der Waals surface area contributed by atoms with E-state index >= 15 is 0 Å². The van der Waals surface area contributed by atoms with E-state index in [-0.39, 0.29) is 11.9 Å². The van der Waals surface area contributed by atoms with Crippen molar-refractivity contribution >= 4 is 16.8 Å². The number of methoxy groups -OCH3 is 1. The Morgan fingerprint density at radius 3 is 2.68 bits per heavy atom. The van der Waals surface area contributed by atoms with Crippen LogP contribution < -0.4 is 4.74 Å². The smallest absolute Gasteiger partial charge is 0.250 e. The highest BCUT2D eigenvalue weighted by atomic mass is 16.5. The van der Waals surface area contributed by atoms with E-state index in [9.17, 15) is 4.79 Å². The van der Waals surface area contributed by atoms with Crippen molar-refractivity contribution in [2.24, 2.45) is 0 Å². The predicted molar refractivity (Wildman–Crippen MR) is 121 cm³/mol. The zero-order chi connectivity index (χ0) is 21.5. The second kappa shape index (κ2) is 7.51. The molecule has 5 rings (SSSR count). The first-order chi connectivity index (χ1) is 15.1. The van der Waals surface area contributed by atoms with Gasteiger partial charge < -0.3 is 19.0 Å². The van der Waals surface area contributed by atoms with Gasteiger partial charge in [-0.15, -0.1) is 0 Å². The lowest BCUT2D eigenvalue weighted by Crippen LogP contribution is -2.29. The number of aromatic amines is 1. The number of rotatable bonds is 5. The molecule has 2 aromatic heterocycles. The second-order valence-electron chi connectivity index (χ2n) is 7.91. The molecule has 31 heavy (non-hydrogen) atoms. The molecule has 0 spiro atoms. The van der Waals surface area contributed by atoms with Crippen LogP contribution in [0, 0.1) is 0 Å². The van der Waals surface area contributed by atoms with Crippen molar-refractivity contribution in [2.75, 3.05) is 7.11 Å². The number of aromatic nitrogens is 1. The Kier molecular flexibility index (Phi) is 4.66. The van der Waals surface area contributed by atoms with E-state index in [0.717, 1.165) is 50.4 Å². The summed E-state index contributed by atoms with van der Waals surface area (Å²) in [4.78, 5) is 18.7. The first-order valence-corrected chi connectivity index (χ1v) is 10.3. The van der Waals surface area contributed by atoms with Crippen LogP contribution in [-0.2, 0) is 11.3 Å². The van der Waals surface area contributed by atoms with E-state index in [1.54, 1.807) is 13.4 Å². The molecule has 1 amide bonds. The first kappa shape index (κ1) is 19.2. The fourth-order valence-electron chi connectivity index (χ4n) is 4.50. The molecule has 1 aliphatic heterocycles. The van der Waals surface area contributed by atoms with Crippen LogP contribution in [0.25, 0.3) is 22.2 Å². The molecule has 0 bridgehead atoms. The predicted octanol–water partition coefficient (Wildman–Crippen LogP) is 5.86. The number of benzene rings is 2. The Morgan fingerprint density at radius 1 is 1.06 bits per heavy atom. The molecule has 0 saturated heterocycles. The third-order valence-corrected chi connectivity index (χ3v) is 6.18. The minimum absolute atomic E-state index is 0.0424. The van der Waals surface area contributed by atoms with Gasteiger partial charge in [0.05, 0.1) is 31.7 Å². The third-order valence-electron chi connectivity index (χ3n) is 6.18. The lowest BCUT2D eigenvalue weighted by Gasteiger charge is -2.27. The molecule has 1 N–H and O–H groups in total. The number of fused-ring (bicyclic) bond motifs is 1. The van der Waals surface area contributed by atoms with Gasteiger partial charge in [-0.05, 0) is 49.8 Å². The van der Waals surface area contributed by atoms with Crippen LogP contribution in [-0.4, -0.2) is 22.9 Å². The van der Waals surface area contributed by atoms with Crippen molar-refractivity contribution in [2.45, 2.75) is 26.4 Å². The van der Waals surface area contributed by atoms with Crippen LogP contribution in [0.15, 0.2) is 82.5 Å². The number of nitrogens with one attached hydrogen (secondary N) is 1. The van der Waals surface area contributed by atoms with Gasteiger partial charge in [-0.1, -0.05) is 30.3 Å². The SMILES string of the molecule is COc1cccc(-c2[nH]c3ccccc3c2C2C(C)=C(C)C(=O)N2Cc2ccco2)c1. The number of carbonyl (C=O) groups excluding carboxylic acids is 1. The van der Waals surface area contributed by atoms with Gasteiger partial charge in [-0.25, -0.2) is 0 Å². The van der Waals surface area contributed by atoms with Crippen molar-refractivity contribution in [3.8, 4) is 17.0 Å². The zero-order valence-corrected chi connectivity index (χ0v) is 17.8. The highest BCUT2D eigenvalue weighted by Crippen LogP contribution is 2.45. The highest BCUT2D eigenvalue weighted by Gasteiger charge is 2.39. The minimum atomic E-state index is -0.185. The number of hydrogen-bond donors (Lipinski definition) is 1. The maximum Gasteiger partial charge on any atom is 0.250 e. The molecule has 1 aliphatic rings. The molecule has 0 saturated carbocycles. The van der Waals surface area contributed by atoms with Crippen molar-refractivity contribution in [3.05, 3.63) is 89.4 Å². The van der Waals surface area contributed by atoms with Crippen LogP contribution in [0.2, 0.25) is 0 Å². The molecule has 1 atom stereocenters. The van der Waals surface area contributed by atoms with Crippen LogP contribution in [0.5, 0.6) is 5.75 Å². The summed E-state index contributed by atoms with van der Waals surface area (Å²) in [6.45, 7) is 4.38. The number of ether oxygens (including phenoxy) is 1. The van der Waals surface area contributed by atoms with E-state index in [2.05, 4.69) is 30.1 Å². The fourth-order valence-corrected chi connectivity index (χ4v) is 4.50. The Hall–Kier alpha value is -3.73. The van der Waals surface area contributed by atoms with Crippen LogP contribution >= 0.6 is 0 Å². The molecule has 3 heterocycles. The molecule has 5 nitrogen and oxygen atoms in total. The van der Waals surface area contributed by atoms with Crippen LogP contribution in [0.3, 0.4) is 0 Å². The van der Waals surface area contributed by atoms with Crippen molar-refractivity contribution in [3.63, 3.8) is 0 Å². The lowest BCUT2D eigenvalue weighted by molar-refractivity contribution is -0.127. The summed E-state index contributed by atoms with van der Waals surface area (Å²) in [5.41, 5.74) is 6.00. The Balaban J connectivity index is 1.73. The van der Waals surface area contributed by atoms with Gasteiger partial charge in [0.2, 0.25) is 0 Å². The monoisotopic (exact) mass is 412 g/mol. The number of para-hydroxylation sites is 1. The van der Waals surface area contributed by atoms with Crippen LogP contribution in [0.4, 0.5) is 0 Å². The number of carbonyl (C=O) groups is 1. The first-order valence-electron chi connectivity index (χ1n) is 10.3. The summed E-state index contributed by atoms with van der Waals surface area (Å²) >= 11 is 0. The summed E-state index contributed by atoms with van der Waals surface area (Å²) in [5.74, 6) is 1.60. The summed E-state index contributed by atoms with van der Waals surface area (Å²) in [5, 5.41) is 1.11. The summed E-state index contributed by atoms with van der Waals surface area (Å²) in [6, 6.07) is 19.8. The number of amides is 1. The Morgan fingerprint density at radius 2 is 1.90 bits per heavy atom. The number of furan rings is 1. The number of hydrogen-bond acceptors (Lipinski definition) is 3. The third kappa shape index (κ3) is 3.13. The van der Waals surface area contributed by atoms with Gasteiger partial charge in [-0.2, -0.15) is 0 Å². The quantitative estimate of drug-likeness (QED) is 0.447. The average molecular weight is 412 g/mol. The van der Waals surface area contributed by atoms with Gasteiger partial charge in [0.15, 0.2) is 0 Å². The lowest BCUT2D eigenvalue weighted by atomic mass is 9.93. The van der Waals surface area contributed by atoms with E-state index in [4.69, 9.17) is 9.15 Å². The van der Waals surface area contributed by atoms with Gasteiger partial charge in [0.1, 0.15) is 11.5 Å². The van der Waals surface area contributed by atoms with Gasteiger partial charge in [0, 0.05) is 27.6 Å². The van der Waals surface area contributed by atoms with E-state index in [1.807, 2.05) is 54.3 Å². The largest absolute Gasteiger partial charge is 0.497 e. The number of nitrogens with zero attached hydrogens (tertiary/aromatic N) is 1. The van der Waals surface area contributed by atoms with Crippen molar-refractivity contribution in [1.82, 2.24) is 9.88 Å². The normalized spacial score (nSPS) is 16.5. The molecule has 2 aromatic carbocycles. The molecule has 5 heteroatoms. The molecular formula is C26H24N2O3. The van der Waals surface area contributed by atoms with E-state index < -0.39 is 0 Å². The second-order valence-corrected chi connectivity index (χ2v) is 7.91. The summed E-state index contributed by atoms with van der Waals surface area (Å²) in [6.07, 6.45) is 1.64. The maximum atomic E-state index is 13.2. The van der Waals surface area contributed by atoms with Gasteiger partial charge in [0.25, 0.3) is 5.91 Å². The van der Waals surface area contributed by atoms with Gasteiger partial charge >= 0.3 is 0 Å². The summed E-state index contributed by atoms with van der Waals surface area (Å²) < 4.78 is 11.0. The van der Waals surface area contributed by atoms with E-state index in [0.29, 0.717) is 6.54 Å². The van der Waals surface area contributed by atoms with Crippen molar-refractivity contribution in [1.29, 1.82) is 0 Å². The zero-order valence-electron chi connectivity index (χ0n) is 17.8. The minimum Gasteiger partial charge on any atom is -0.497 e. The molecule has 0 aliphatic carbocycles. The maximum absolute atomic E-state index is 13.2. The standard InChI is InChI=1S/C26H24N2O3/c1-16-17(2)26(29)28(15-20-10-7-13-31-20)25(16)23-21-11-4-5-12-22(21)27-24(23)18-8-6-9-19(14-18)30-3/h4-14,25,27H,15H2,1-3H3. The fraction of sp³-hybridized carbons (Fsp3) is 0.192. The van der Waals surface area contributed by atoms with Gasteiger partial charge in [-0.3, -0.25) is 4.79 Å². The molecule has 0 radical (unpaired) electrons. The summed E-state index contributed by atoms with van der Waals surface area (Å²) in [7, 11) is 1.67. The Bertz CT molecular complexity index is 1300. The topological polar surface area (TPSA) is 58.5 Å². The molecule has 4 aromatic rings. The van der Waals surface area contributed by atoms with Crippen molar-refractivity contribution < 1.29 is 13.9 Å². The number of H-pyrrole nitrogens is 1. The molecule has 156 valence electrons.